The number of amides is 1. The minimum absolute atomic E-state index is 0.0360. The van der Waals surface area contributed by atoms with Crippen LogP contribution < -0.4 is 5.32 Å². The zero-order valence-electron chi connectivity index (χ0n) is 11.5. The normalized spacial score (nSPS) is 30.9. The molecule has 2 fully saturated rings. The Hall–Kier alpha value is -1.10. The summed E-state index contributed by atoms with van der Waals surface area (Å²) in [5.74, 6) is 0.309. The first kappa shape index (κ1) is 14.3. The van der Waals surface area contributed by atoms with Crippen LogP contribution in [0.5, 0.6) is 0 Å². The van der Waals surface area contributed by atoms with E-state index in [9.17, 15) is 9.59 Å². The van der Waals surface area contributed by atoms with Gasteiger partial charge in [0.2, 0.25) is 5.91 Å². The van der Waals surface area contributed by atoms with Crippen LogP contribution in [-0.4, -0.2) is 37.7 Å². The highest BCUT2D eigenvalue weighted by atomic mass is 16.5. The monoisotopic (exact) mass is 269 g/mol. The molecule has 1 saturated heterocycles. The lowest BCUT2D eigenvalue weighted by Gasteiger charge is -2.29. The molecule has 1 aliphatic heterocycles. The molecule has 1 amide bonds. The number of methoxy groups -OCH3 is 1. The molecule has 1 unspecified atom stereocenters. The Morgan fingerprint density at radius 3 is 2.53 bits per heavy atom. The van der Waals surface area contributed by atoms with Crippen molar-refractivity contribution in [1.82, 2.24) is 5.32 Å². The van der Waals surface area contributed by atoms with Gasteiger partial charge in [0.15, 0.2) is 0 Å². The molecule has 108 valence electrons. The summed E-state index contributed by atoms with van der Waals surface area (Å²) in [4.78, 5) is 23.1. The van der Waals surface area contributed by atoms with Crippen molar-refractivity contribution < 1.29 is 19.1 Å². The van der Waals surface area contributed by atoms with E-state index in [1.165, 1.54) is 7.11 Å². The Labute approximate surface area is 114 Å². The summed E-state index contributed by atoms with van der Waals surface area (Å²) >= 11 is 0. The molecule has 0 bridgehead atoms. The predicted octanol–water partition coefficient (Wildman–Crippen LogP) is 1.40. The van der Waals surface area contributed by atoms with Gasteiger partial charge in [0.05, 0.1) is 7.11 Å². The minimum Gasteiger partial charge on any atom is -0.469 e. The van der Waals surface area contributed by atoms with E-state index in [0.29, 0.717) is 18.9 Å². The van der Waals surface area contributed by atoms with Gasteiger partial charge in [-0.2, -0.15) is 0 Å². The van der Waals surface area contributed by atoms with Crippen molar-refractivity contribution in [2.45, 2.75) is 57.1 Å². The van der Waals surface area contributed by atoms with Crippen LogP contribution in [0.1, 0.15) is 44.9 Å². The number of esters is 1. The summed E-state index contributed by atoms with van der Waals surface area (Å²) in [6.07, 6.45) is 5.92. The first-order chi connectivity index (χ1) is 9.19. The van der Waals surface area contributed by atoms with E-state index < -0.39 is 0 Å². The van der Waals surface area contributed by atoms with Gasteiger partial charge in [-0.3, -0.25) is 9.59 Å². The number of ether oxygens (including phenoxy) is 2. The van der Waals surface area contributed by atoms with Crippen molar-refractivity contribution in [3.8, 4) is 0 Å². The number of hydrogen-bond acceptors (Lipinski definition) is 4. The van der Waals surface area contributed by atoms with Gasteiger partial charge in [-0.1, -0.05) is 0 Å². The second-order valence-corrected chi connectivity index (χ2v) is 5.51. The number of carbonyl (C=O) groups is 2. The highest BCUT2D eigenvalue weighted by Crippen LogP contribution is 2.27. The second kappa shape index (κ2) is 6.89. The number of hydrogen-bond donors (Lipinski definition) is 1. The van der Waals surface area contributed by atoms with Gasteiger partial charge in [-0.15, -0.1) is 0 Å². The van der Waals surface area contributed by atoms with Gasteiger partial charge in [0, 0.05) is 19.1 Å². The quantitative estimate of drug-likeness (QED) is 0.784. The molecule has 0 spiro atoms. The molecule has 2 aliphatic rings. The fourth-order valence-electron chi connectivity index (χ4n) is 2.91. The van der Waals surface area contributed by atoms with E-state index in [-0.39, 0.29) is 24.0 Å². The Balaban J connectivity index is 1.68. The largest absolute Gasteiger partial charge is 0.469 e. The van der Waals surface area contributed by atoms with Gasteiger partial charge in [0.1, 0.15) is 6.10 Å². The standard InChI is InChI=1S/C14H23NO4/c1-18-13(16)9-10-4-6-11(7-5-10)15-14(17)12-3-2-8-19-12/h10-12H,2-9H2,1H3,(H,15,17). The molecule has 0 radical (unpaired) electrons. The smallest absolute Gasteiger partial charge is 0.305 e. The van der Waals surface area contributed by atoms with E-state index in [1.807, 2.05) is 0 Å². The third-order valence-corrected chi connectivity index (χ3v) is 4.10. The van der Waals surface area contributed by atoms with Crippen LogP contribution in [0, 0.1) is 5.92 Å². The molecule has 0 aromatic heterocycles. The van der Waals surface area contributed by atoms with E-state index in [4.69, 9.17) is 4.74 Å². The van der Waals surface area contributed by atoms with Gasteiger partial charge in [0.25, 0.3) is 0 Å². The van der Waals surface area contributed by atoms with Crippen LogP contribution in [0.3, 0.4) is 0 Å². The lowest BCUT2D eigenvalue weighted by Crippen LogP contribution is -2.43. The summed E-state index contributed by atoms with van der Waals surface area (Å²) in [6.45, 7) is 0.698. The van der Waals surface area contributed by atoms with Crippen LogP contribution in [0.4, 0.5) is 0 Å². The molecular formula is C14H23NO4. The van der Waals surface area contributed by atoms with E-state index in [2.05, 4.69) is 10.1 Å². The maximum Gasteiger partial charge on any atom is 0.305 e. The molecule has 5 heteroatoms. The van der Waals surface area contributed by atoms with Crippen molar-refractivity contribution in [2.75, 3.05) is 13.7 Å². The third kappa shape index (κ3) is 4.20. The fourth-order valence-corrected chi connectivity index (χ4v) is 2.91. The van der Waals surface area contributed by atoms with Crippen molar-refractivity contribution in [3.63, 3.8) is 0 Å². The van der Waals surface area contributed by atoms with E-state index >= 15 is 0 Å². The van der Waals surface area contributed by atoms with Gasteiger partial charge < -0.3 is 14.8 Å². The number of nitrogens with one attached hydrogen (secondary N) is 1. The molecule has 1 aliphatic carbocycles. The number of rotatable bonds is 4. The van der Waals surface area contributed by atoms with Gasteiger partial charge in [-0.25, -0.2) is 0 Å². The van der Waals surface area contributed by atoms with Crippen LogP contribution >= 0.6 is 0 Å². The maximum absolute atomic E-state index is 11.9. The Bertz CT molecular complexity index is 317. The van der Waals surface area contributed by atoms with Crippen molar-refractivity contribution in [3.05, 3.63) is 0 Å². The predicted molar refractivity (Wildman–Crippen MR) is 69.5 cm³/mol. The first-order valence-corrected chi connectivity index (χ1v) is 7.18. The maximum atomic E-state index is 11.9. The average molecular weight is 269 g/mol. The Morgan fingerprint density at radius 2 is 1.95 bits per heavy atom. The highest BCUT2D eigenvalue weighted by Gasteiger charge is 2.28. The fraction of sp³-hybridized carbons (Fsp3) is 0.857. The first-order valence-electron chi connectivity index (χ1n) is 7.18. The molecule has 0 aromatic rings. The van der Waals surface area contributed by atoms with Crippen LogP contribution in [0.25, 0.3) is 0 Å². The van der Waals surface area contributed by atoms with Crippen LogP contribution in [0.15, 0.2) is 0 Å². The second-order valence-electron chi connectivity index (χ2n) is 5.51. The Kier molecular flexibility index (Phi) is 5.19. The molecule has 1 saturated carbocycles. The summed E-state index contributed by atoms with van der Waals surface area (Å²) in [5, 5.41) is 3.07. The zero-order chi connectivity index (χ0) is 13.7. The summed E-state index contributed by atoms with van der Waals surface area (Å²) in [6, 6.07) is 0.241. The molecule has 0 aromatic carbocycles. The van der Waals surface area contributed by atoms with Gasteiger partial charge >= 0.3 is 5.97 Å². The third-order valence-electron chi connectivity index (χ3n) is 4.10. The van der Waals surface area contributed by atoms with Gasteiger partial charge in [-0.05, 0) is 44.4 Å². The lowest BCUT2D eigenvalue weighted by atomic mass is 9.84. The highest BCUT2D eigenvalue weighted by molar-refractivity contribution is 5.81. The summed E-state index contributed by atoms with van der Waals surface area (Å²) in [7, 11) is 1.43. The summed E-state index contributed by atoms with van der Waals surface area (Å²) in [5.41, 5.74) is 0. The lowest BCUT2D eigenvalue weighted by molar-refractivity contribution is -0.142. The van der Waals surface area contributed by atoms with Crippen molar-refractivity contribution >= 4 is 11.9 Å². The van der Waals surface area contributed by atoms with Crippen molar-refractivity contribution in [1.29, 1.82) is 0 Å². The van der Waals surface area contributed by atoms with Crippen LogP contribution in [-0.2, 0) is 19.1 Å². The molecule has 19 heavy (non-hydrogen) atoms. The van der Waals surface area contributed by atoms with Crippen molar-refractivity contribution in [2.24, 2.45) is 5.92 Å². The minimum atomic E-state index is -0.243. The van der Waals surface area contributed by atoms with E-state index in [0.717, 1.165) is 38.5 Å². The average Bonchev–Trinajstić information content (AvgIpc) is 2.95. The SMILES string of the molecule is COC(=O)CC1CCC(NC(=O)C2CCCO2)CC1. The number of carbonyl (C=O) groups excluding carboxylic acids is 2. The zero-order valence-corrected chi connectivity index (χ0v) is 11.5. The molecule has 1 heterocycles. The molecular weight excluding hydrogens is 246 g/mol. The molecule has 2 rings (SSSR count). The topological polar surface area (TPSA) is 64.6 Å². The summed E-state index contributed by atoms with van der Waals surface area (Å²) < 4.78 is 10.1. The van der Waals surface area contributed by atoms with E-state index in [1.54, 1.807) is 0 Å². The Morgan fingerprint density at radius 1 is 1.21 bits per heavy atom. The molecule has 5 nitrogen and oxygen atoms in total. The van der Waals surface area contributed by atoms with Crippen LogP contribution in [0.2, 0.25) is 0 Å². The molecule has 1 atom stereocenters. The molecule has 1 N–H and O–H groups in total.